The maximum atomic E-state index is 13.2. The molecule has 0 aromatic heterocycles. The molecule has 1 aliphatic heterocycles. The number of amides is 1. The first-order valence-electron chi connectivity index (χ1n) is 10.8. The van der Waals surface area contributed by atoms with Crippen molar-refractivity contribution in [3.8, 4) is 0 Å². The lowest BCUT2D eigenvalue weighted by atomic mass is 9.98. The van der Waals surface area contributed by atoms with Crippen LogP contribution in [0.15, 0.2) is 48.5 Å². The number of benzene rings is 2. The van der Waals surface area contributed by atoms with Crippen LogP contribution in [0.2, 0.25) is 0 Å². The fraction of sp³-hybridized carbons (Fsp3) is 0.417. The van der Waals surface area contributed by atoms with Gasteiger partial charge in [0, 0.05) is 35.6 Å². The van der Waals surface area contributed by atoms with Crippen molar-refractivity contribution in [1.82, 2.24) is 10.6 Å². The quantitative estimate of drug-likeness (QED) is 0.322. The first kappa shape index (κ1) is 24.5. The predicted molar refractivity (Wildman–Crippen MR) is 135 cm³/mol. The standard InChI is InChI=1S/C24H31N3O3S2/c1-32-10-9-22(24(29)30)27-23(28)21-13-18(25-14-19-12-20(31)15-26-19)8-7-17(21)11-16-5-3-2-4-6-16/h2-8,13,19-20,22,25-26,31H,9-12,14-15H2,1H3,(H,27,28)(H,29,30)/t19?,20?,22-/m0/s1. The Morgan fingerprint density at radius 2 is 2.03 bits per heavy atom. The van der Waals surface area contributed by atoms with E-state index in [0.717, 1.165) is 36.3 Å². The number of anilines is 1. The Morgan fingerprint density at radius 3 is 2.69 bits per heavy atom. The van der Waals surface area contributed by atoms with E-state index in [1.54, 1.807) is 11.8 Å². The maximum absolute atomic E-state index is 13.2. The van der Waals surface area contributed by atoms with Crippen molar-refractivity contribution in [3.63, 3.8) is 0 Å². The van der Waals surface area contributed by atoms with E-state index in [0.29, 0.717) is 35.4 Å². The van der Waals surface area contributed by atoms with Gasteiger partial charge >= 0.3 is 5.97 Å². The molecule has 2 unspecified atom stereocenters. The summed E-state index contributed by atoms with van der Waals surface area (Å²) in [5.41, 5.74) is 3.30. The summed E-state index contributed by atoms with van der Waals surface area (Å²) in [6.45, 7) is 1.63. The lowest BCUT2D eigenvalue weighted by molar-refractivity contribution is -0.139. The number of rotatable bonds is 11. The summed E-state index contributed by atoms with van der Waals surface area (Å²) in [4.78, 5) is 24.8. The second kappa shape index (κ2) is 12.2. The second-order valence-corrected chi connectivity index (χ2v) is 9.77. The smallest absolute Gasteiger partial charge is 0.326 e. The monoisotopic (exact) mass is 473 g/mol. The average molecular weight is 474 g/mol. The fourth-order valence-corrected chi connectivity index (χ4v) is 4.62. The second-order valence-electron chi connectivity index (χ2n) is 8.06. The molecular weight excluding hydrogens is 442 g/mol. The maximum Gasteiger partial charge on any atom is 0.326 e. The van der Waals surface area contributed by atoms with E-state index in [9.17, 15) is 14.7 Å². The van der Waals surface area contributed by atoms with Gasteiger partial charge in [0.2, 0.25) is 0 Å². The summed E-state index contributed by atoms with van der Waals surface area (Å²) in [5.74, 6) is -0.710. The van der Waals surface area contributed by atoms with Crippen LogP contribution in [0.3, 0.4) is 0 Å². The Labute approximate surface area is 199 Å². The summed E-state index contributed by atoms with van der Waals surface area (Å²) in [6.07, 6.45) is 3.89. The van der Waals surface area contributed by atoms with Gasteiger partial charge in [-0.15, -0.1) is 0 Å². The molecule has 172 valence electrons. The summed E-state index contributed by atoms with van der Waals surface area (Å²) >= 11 is 6.08. The Kier molecular flexibility index (Phi) is 9.32. The molecule has 4 N–H and O–H groups in total. The Balaban J connectivity index is 1.79. The van der Waals surface area contributed by atoms with Gasteiger partial charge in [-0.2, -0.15) is 24.4 Å². The summed E-state index contributed by atoms with van der Waals surface area (Å²) < 4.78 is 0. The number of aliphatic carboxylic acids is 1. The van der Waals surface area contributed by atoms with Crippen molar-refractivity contribution >= 4 is 42.0 Å². The van der Waals surface area contributed by atoms with Gasteiger partial charge in [0.1, 0.15) is 6.04 Å². The molecule has 1 heterocycles. The van der Waals surface area contributed by atoms with E-state index in [1.165, 1.54) is 0 Å². The number of hydrogen-bond donors (Lipinski definition) is 5. The molecule has 0 aliphatic carbocycles. The molecule has 1 saturated heterocycles. The van der Waals surface area contributed by atoms with Crippen molar-refractivity contribution in [2.45, 2.75) is 36.6 Å². The summed E-state index contributed by atoms with van der Waals surface area (Å²) in [6, 6.07) is 15.1. The van der Waals surface area contributed by atoms with E-state index < -0.39 is 12.0 Å². The highest BCUT2D eigenvalue weighted by Gasteiger charge is 2.23. The Morgan fingerprint density at radius 1 is 1.25 bits per heavy atom. The number of hydrogen-bond acceptors (Lipinski definition) is 6. The van der Waals surface area contributed by atoms with Gasteiger partial charge in [-0.05, 0) is 54.5 Å². The first-order valence-corrected chi connectivity index (χ1v) is 12.7. The van der Waals surface area contributed by atoms with E-state index in [1.807, 2.05) is 54.8 Å². The number of carboxylic acids is 1. The van der Waals surface area contributed by atoms with Gasteiger partial charge in [0.05, 0.1) is 0 Å². The zero-order valence-electron chi connectivity index (χ0n) is 18.2. The van der Waals surface area contributed by atoms with Crippen molar-refractivity contribution in [2.75, 3.05) is 30.4 Å². The van der Waals surface area contributed by atoms with Crippen molar-refractivity contribution in [1.29, 1.82) is 0 Å². The largest absolute Gasteiger partial charge is 0.480 e. The Hall–Kier alpha value is -2.16. The van der Waals surface area contributed by atoms with E-state index >= 15 is 0 Å². The highest BCUT2D eigenvalue weighted by molar-refractivity contribution is 7.98. The molecule has 3 rings (SSSR count). The molecule has 32 heavy (non-hydrogen) atoms. The number of thiol groups is 1. The van der Waals surface area contributed by atoms with Crippen LogP contribution in [-0.2, 0) is 11.2 Å². The predicted octanol–water partition coefficient (Wildman–Crippen LogP) is 3.29. The van der Waals surface area contributed by atoms with Gasteiger partial charge in [0.15, 0.2) is 0 Å². The number of nitrogens with one attached hydrogen (secondary N) is 3. The van der Waals surface area contributed by atoms with Crippen LogP contribution in [0.1, 0.15) is 34.3 Å². The van der Waals surface area contributed by atoms with Crippen LogP contribution in [0, 0.1) is 0 Å². The molecule has 1 aliphatic rings. The molecule has 6 nitrogen and oxygen atoms in total. The van der Waals surface area contributed by atoms with Crippen LogP contribution in [0.4, 0.5) is 5.69 Å². The van der Waals surface area contributed by atoms with Gasteiger partial charge in [-0.3, -0.25) is 4.79 Å². The van der Waals surface area contributed by atoms with Crippen molar-refractivity contribution in [2.24, 2.45) is 0 Å². The molecule has 3 atom stereocenters. The first-order chi connectivity index (χ1) is 15.5. The minimum absolute atomic E-state index is 0.335. The third-order valence-electron chi connectivity index (χ3n) is 5.56. The minimum Gasteiger partial charge on any atom is -0.480 e. The van der Waals surface area contributed by atoms with E-state index in [-0.39, 0.29) is 5.91 Å². The molecule has 0 spiro atoms. The van der Waals surface area contributed by atoms with Crippen LogP contribution in [-0.4, -0.2) is 59.4 Å². The normalized spacial score (nSPS) is 18.8. The van der Waals surface area contributed by atoms with Gasteiger partial charge in [-0.25, -0.2) is 4.79 Å². The number of thioether (sulfide) groups is 1. The SMILES string of the molecule is CSCC[C@H](NC(=O)c1cc(NCC2CC(S)CN2)ccc1Cc1ccccc1)C(=O)O. The third-order valence-corrected chi connectivity index (χ3v) is 6.59. The summed E-state index contributed by atoms with van der Waals surface area (Å²) in [5, 5.41) is 19.5. The molecule has 0 saturated carbocycles. The lowest BCUT2D eigenvalue weighted by Crippen LogP contribution is -2.41. The number of carbonyl (C=O) groups excluding carboxylic acids is 1. The van der Waals surface area contributed by atoms with Crippen molar-refractivity contribution < 1.29 is 14.7 Å². The number of carboxylic acid groups (broad SMARTS) is 1. The minimum atomic E-state index is -1.01. The van der Waals surface area contributed by atoms with Crippen LogP contribution in [0.5, 0.6) is 0 Å². The van der Waals surface area contributed by atoms with Crippen LogP contribution >= 0.6 is 24.4 Å². The molecule has 8 heteroatoms. The topological polar surface area (TPSA) is 90.5 Å². The highest BCUT2D eigenvalue weighted by Crippen LogP contribution is 2.21. The highest BCUT2D eigenvalue weighted by atomic mass is 32.2. The lowest BCUT2D eigenvalue weighted by Gasteiger charge is -2.18. The third kappa shape index (κ3) is 7.18. The Bertz CT molecular complexity index is 911. The number of carbonyl (C=O) groups is 2. The molecule has 1 amide bonds. The van der Waals surface area contributed by atoms with Gasteiger partial charge in [-0.1, -0.05) is 36.4 Å². The summed E-state index contributed by atoms with van der Waals surface area (Å²) in [7, 11) is 0. The van der Waals surface area contributed by atoms with Gasteiger partial charge in [0.25, 0.3) is 5.91 Å². The molecule has 2 aromatic rings. The molecule has 0 bridgehead atoms. The van der Waals surface area contributed by atoms with Crippen LogP contribution < -0.4 is 16.0 Å². The zero-order valence-corrected chi connectivity index (χ0v) is 19.9. The average Bonchev–Trinajstić information content (AvgIpc) is 3.21. The van der Waals surface area contributed by atoms with Crippen LogP contribution in [0.25, 0.3) is 0 Å². The molecule has 2 aromatic carbocycles. The van der Waals surface area contributed by atoms with Gasteiger partial charge < -0.3 is 21.1 Å². The van der Waals surface area contributed by atoms with Crippen molar-refractivity contribution in [3.05, 3.63) is 65.2 Å². The molecular formula is C24H31N3O3S2. The molecule has 0 radical (unpaired) electrons. The molecule has 1 fully saturated rings. The van der Waals surface area contributed by atoms with E-state index in [2.05, 4.69) is 28.6 Å². The zero-order chi connectivity index (χ0) is 22.9. The van der Waals surface area contributed by atoms with E-state index in [4.69, 9.17) is 0 Å². The fourth-order valence-electron chi connectivity index (χ4n) is 3.79.